The van der Waals surface area contributed by atoms with Crippen LogP contribution in [0.3, 0.4) is 0 Å². The number of nitro benzene ring substituents is 1. The smallest absolute Gasteiger partial charge is 0.270 e. The summed E-state index contributed by atoms with van der Waals surface area (Å²) in [5.74, 6) is 0.790. The van der Waals surface area contributed by atoms with E-state index in [0.717, 1.165) is 22.7 Å². The third kappa shape index (κ3) is 4.27. The van der Waals surface area contributed by atoms with Crippen molar-refractivity contribution in [3.8, 4) is 5.75 Å². The summed E-state index contributed by atoms with van der Waals surface area (Å²) in [4.78, 5) is 21.6. The topological polar surface area (TPSA) is 93.5 Å². The number of nitrogens with zero attached hydrogens (tertiary/aromatic N) is 1. The number of ether oxygens (including phenoxy) is 1. The van der Waals surface area contributed by atoms with Crippen molar-refractivity contribution in [1.29, 1.82) is 0 Å². The lowest BCUT2D eigenvalue weighted by atomic mass is 10.0. The fourth-order valence-corrected chi connectivity index (χ4v) is 3.07. The molecule has 1 aliphatic heterocycles. The van der Waals surface area contributed by atoms with E-state index in [1.165, 1.54) is 12.1 Å². The van der Waals surface area contributed by atoms with Gasteiger partial charge in [-0.25, -0.2) is 0 Å². The number of halogens is 1. The van der Waals surface area contributed by atoms with Crippen LogP contribution in [0.2, 0.25) is 0 Å². The number of anilines is 2. The molecule has 7 nitrogen and oxygen atoms in total. The van der Waals surface area contributed by atoms with E-state index in [0.29, 0.717) is 30.5 Å². The Hall–Kier alpha value is -2.61. The van der Waals surface area contributed by atoms with Gasteiger partial charge in [0.25, 0.3) is 5.69 Å². The number of carbonyl (C=O) groups is 1. The minimum absolute atomic E-state index is 0.0369. The van der Waals surface area contributed by atoms with Crippen LogP contribution in [0.4, 0.5) is 17.1 Å². The van der Waals surface area contributed by atoms with E-state index in [-0.39, 0.29) is 11.6 Å². The van der Waals surface area contributed by atoms with Crippen LogP contribution in [-0.2, 0) is 11.2 Å². The van der Waals surface area contributed by atoms with Crippen LogP contribution in [0.25, 0.3) is 0 Å². The predicted molar refractivity (Wildman–Crippen MR) is 98.2 cm³/mol. The molecule has 1 aliphatic rings. The summed E-state index contributed by atoms with van der Waals surface area (Å²) in [6, 6.07) is 10.2. The highest BCUT2D eigenvalue weighted by Gasteiger charge is 2.15. The number of nitrogens with one attached hydrogen (secondary N) is 2. The van der Waals surface area contributed by atoms with E-state index in [1.54, 1.807) is 6.07 Å². The normalized spacial score (nSPS) is 12.9. The fraction of sp³-hybridized carbons (Fsp3) is 0.235. The number of rotatable bonds is 6. The maximum Gasteiger partial charge on any atom is 0.270 e. The number of hydrogen-bond acceptors (Lipinski definition) is 5. The minimum atomic E-state index is -0.434. The van der Waals surface area contributed by atoms with E-state index < -0.39 is 4.92 Å². The van der Waals surface area contributed by atoms with Crippen molar-refractivity contribution in [2.45, 2.75) is 12.8 Å². The Morgan fingerprint density at radius 1 is 1.24 bits per heavy atom. The Morgan fingerprint density at radius 3 is 2.84 bits per heavy atom. The molecule has 0 saturated carbocycles. The highest BCUT2D eigenvalue weighted by molar-refractivity contribution is 9.10. The maximum absolute atomic E-state index is 11.4. The van der Waals surface area contributed by atoms with Crippen molar-refractivity contribution in [1.82, 2.24) is 0 Å². The Morgan fingerprint density at radius 2 is 2.08 bits per heavy atom. The highest BCUT2D eigenvalue weighted by Crippen LogP contribution is 2.28. The molecule has 25 heavy (non-hydrogen) atoms. The molecule has 0 bridgehead atoms. The molecule has 0 atom stereocenters. The fourth-order valence-electron chi connectivity index (χ4n) is 2.57. The van der Waals surface area contributed by atoms with Crippen molar-refractivity contribution < 1.29 is 14.5 Å². The number of nitro groups is 1. The second-order valence-electron chi connectivity index (χ2n) is 5.56. The average molecular weight is 406 g/mol. The molecule has 3 rings (SSSR count). The quantitative estimate of drug-likeness (QED) is 0.433. The van der Waals surface area contributed by atoms with E-state index in [9.17, 15) is 14.9 Å². The van der Waals surface area contributed by atoms with Gasteiger partial charge in [0.2, 0.25) is 5.91 Å². The van der Waals surface area contributed by atoms with Gasteiger partial charge in [-0.05, 0) is 52.2 Å². The predicted octanol–water partition coefficient (Wildman–Crippen LogP) is 3.73. The van der Waals surface area contributed by atoms with Gasteiger partial charge < -0.3 is 15.4 Å². The van der Waals surface area contributed by atoms with Crippen molar-refractivity contribution in [3.05, 3.63) is 56.5 Å². The first kappa shape index (κ1) is 17.2. The molecule has 2 N–H and O–H groups in total. The van der Waals surface area contributed by atoms with Gasteiger partial charge in [-0.3, -0.25) is 14.9 Å². The van der Waals surface area contributed by atoms with Crippen LogP contribution in [0, 0.1) is 10.1 Å². The molecule has 1 heterocycles. The van der Waals surface area contributed by atoms with Crippen molar-refractivity contribution >= 4 is 38.9 Å². The standard InChI is InChI=1S/C17H16BrN3O4/c18-14-10-12(21(23)24)2-4-16(14)19-7-8-25-13-3-5-15-11(9-13)1-6-17(22)20-15/h2-5,9-10,19H,1,6-8H2,(H,20,22). The molecular weight excluding hydrogens is 390 g/mol. The lowest BCUT2D eigenvalue weighted by molar-refractivity contribution is -0.384. The molecule has 0 spiro atoms. The van der Waals surface area contributed by atoms with E-state index in [2.05, 4.69) is 26.6 Å². The highest BCUT2D eigenvalue weighted by atomic mass is 79.9. The lowest BCUT2D eigenvalue weighted by Gasteiger charge is -2.18. The number of hydrogen-bond donors (Lipinski definition) is 2. The molecule has 1 amide bonds. The van der Waals surface area contributed by atoms with Crippen LogP contribution >= 0.6 is 15.9 Å². The van der Waals surface area contributed by atoms with E-state index in [1.807, 2.05) is 18.2 Å². The molecule has 0 aromatic heterocycles. The molecule has 0 saturated heterocycles. The van der Waals surface area contributed by atoms with Gasteiger partial charge in [-0.1, -0.05) is 0 Å². The van der Waals surface area contributed by atoms with Gasteiger partial charge in [-0.15, -0.1) is 0 Å². The molecule has 130 valence electrons. The van der Waals surface area contributed by atoms with Crippen molar-refractivity contribution in [3.63, 3.8) is 0 Å². The zero-order valence-electron chi connectivity index (χ0n) is 13.3. The Kier molecular flexibility index (Phi) is 5.18. The van der Waals surface area contributed by atoms with E-state index >= 15 is 0 Å². The summed E-state index contributed by atoms with van der Waals surface area (Å²) in [5, 5.41) is 16.7. The van der Waals surface area contributed by atoms with Gasteiger partial charge in [0.05, 0.1) is 4.92 Å². The van der Waals surface area contributed by atoms with Crippen LogP contribution in [0.1, 0.15) is 12.0 Å². The second kappa shape index (κ2) is 7.52. The Balaban J connectivity index is 1.52. The number of aryl methyl sites for hydroxylation is 1. The summed E-state index contributed by atoms with van der Waals surface area (Å²) in [5.41, 5.74) is 2.72. The number of amides is 1. The minimum Gasteiger partial charge on any atom is -0.492 e. The van der Waals surface area contributed by atoms with E-state index in [4.69, 9.17) is 4.74 Å². The average Bonchev–Trinajstić information content (AvgIpc) is 2.59. The molecule has 2 aromatic rings. The summed E-state index contributed by atoms with van der Waals surface area (Å²) in [6.45, 7) is 0.985. The zero-order chi connectivity index (χ0) is 17.8. The zero-order valence-corrected chi connectivity index (χ0v) is 14.8. The number of fused-ring (bicyclic) bond motifs is 1. The SMILES string of the molecule is O=C1CCc2cc(OCCNc3ccc([N+](=O)[O-])cc3Br)ccc2N1. The first-order chi connectivity index (χ1) is 12.0. The summed E-state index contributed by atoms with van der Waals surface area (Å²) < 4.78 is 6.35. The monoisotopic (exact) mass is 405 g/mol. The van der Waals surface area contributed by atoms with Gasteiger partial charge in [0.15, 0.2) is 0 Å². The lowest BCUT2D eigenvalue weighted by Crippen LogP contribution is -2.19. The number of benzene rings is 2. The molecule has 2 aromatic carbocycles. The largest absolute Gasteiger partial charge is 0.492 e. The molecule has 0 fully saturated rings. The Bertz CT molecular complexity index is 826. The summed E-state index contributed by atoms with van der Waals surface area (Å²) in [7, 11) is 0. The first-order valence-corrected chi connectivity index (χ1v) is 8.55. The van der Waals surface area contributed by atoms with Crippen LogP contribution in [0.5, 0.6) is 5.75 Å². The van der Waals surface area contributed by atoms with Gasteiger partial charge in [-0.2, -0.15) is 0 Å². The van der Waals surface area contributed by atoms with Crippen molar-refractivity contribution in [2.75, 3.05) is 23.8 Å². The summed E-state index contributed by atoms with van der Waals surface area (Å²) in [6.07, 6.45) is 1.21. The van der Waals surface area contributed by atoms with Gasteiger partial charge in [0, 0.05) is 40.9 Å². The van der Waals surface area contributed by atoms with Crippen molar-refractivity contribution in [2.24, 2.45) is 0 Å². The van der Waals surface area contributed by atoms with Gasteiger partial charge in [0.1, 0.15) is 12.4 Å². The summed E-state index contributed by atoms with van der Waals surface area (Å²) >= 11 is 3.32. The number of carbonyl (C=O) groups excluding carboxylic acids is 1. The molecule has 0 radical (unpaired) electrons. The first-order valence-electron chi connectivity index (χ1n) is 7.76. The van der Waals surface area contributed by atoms with Crippen LogP contribution in [-0.4, -0.2) is 24.0 Å². The number of non-ortho nitro benzene ring substituents is 1. The molecule has 0 unspecified atom stereocenters. The third-order valence-electron chi connectivity index (χ3n) is 3.82. The molecule has 8 heteroatoms. The van der Waals surface area contributed by atoms with Crippen LogP contribution < -0.4 is 15.4 Å². The third-order valence-corrected chi connectivity index (χ3v) is 4.48. The van der Waals surface area contributed by atoms with Gasteiger partial charge >= 0.3 is 0 Å². The maximum atomic E-state index is 11.4. The van der Waals surface area contributed by atoms with Crippen LogP contribution in [0.15, 0.2) is 40.9 Å². The Labute approximate surface area is 152 Å². The second-order valence-corrected chi connectivity index (χ2v) is 6.42. The molecular formula is C17H16BrN3O4. The molecule has 0 aliphatic carbocycles.